The number of urea groups is 1. The Morgan fingerprint density at radius 1 is 1.07 bits per heavy atom. The molecule has 0 saturated heterocycles. The number of hydrogen-bond acceptors (Lipinski definition) is 4. The lowest BCUT2D eigenvalue weighted by atomic mass is 10.1. The smallest absolute Gasteiger partial charge is 0.322 e. The molecule has 1 aromatic heterocycles. The third-order valence-corrected chi connectivity index (χ3v) is 4.77. The second-order valence-electron chi connectivity index (χ2n) is 6.85. The first-order valence-corrected chi connectivity index (χ1v) is 9.57. The Balaban J connectivity index is 1.50. The standard InChI is InChI=1S/C23H22N4O2/c1-3-27(15-21-25-22(26-29-21)18-11-6-8-16(2)14-18)23(28)24-20-13-7-10-17-9-4-5-12-19(17)20/h4-14H,3,15H2,1-2H3,(H,24,28). The van der Waals surface area contributed by atoms with Crippen LogP contribution in [0.2, 0.25) is 0 Å². The molecule has 0 saturated carbocycles. The number of carbonyl (C=O) groups is 1. The van der Waals surface area contributed by atoms with E-state index in [0.29, 0.717) is 18.3 Å². The maximum absolute atomic E-state index is 12.8. The zero-order valence-electron chi connectivity index (χ0n) is 16.4. The first-order valence-electron chi connectivity index (χ1n) is 9.57. The number of hydrogen-bond donors (Lipinski definition) is 1. The van der Waals surface area contributed by atoms with E-state index in [1.807, 2.05) is 80.6 Å². The van der Waals surface area contributed by atoms with Crippen molar-refractivity contribution in [1.82, 2.24) is 15.0 Å². The maximum atomic E-state index is 12.8. The van der Waals surface area contributed by atoms with Crippen molar-refractivity contribution >= 4 is 22.5 Å². The summed E-state index contributed by atoms with van der Waals surface area (Å²) < 4.78 is 5.38. The minimum atomic E-state index is -0.209. The molecule has 3 aromatic carbocycles. The largest absolute Gasteiger partial charge is 0.337 e. The lowest BCUT2D eigenvalue weighted by Gasteiger charge is -2.20. The highest BCUT2D eigenvalue weighted by Crippen LogP contribution is 2.23. The minimum Gasteiger partial charge on any atom is -0.337 e. The van der Waals surface area contributed by atoms with Crippen LogP contribution in [0.3, 0.4) is 0 Å². The minimum absolute atomic E-state index is 0.209. The normalized spacial score (nSPS) is 10.8. The molecular weight excluding hydrogens is 364 g/mol. The molecule has 2 amide bonds. The van der Waals surface area contributed by atoms with Crippen LogP contribution in [-0.2, 0) is 6.54 Å². The summed E-state index contributed by atoms with van der Waals surface area (Å²) in [5.41, 5.74) is 2.79. The number of carbonyl (C=O) groups excluding carboxylic acids is 1. The molecule has 6 nitrogen and oxygen atoms in total. The molecule has 0 atom stereocenters. The zero-order chi connectivity index (χ0) is 20.2. The van der Waals surface area contributed by atoms with E-state index in [1.165, 1.54) is 0 Å². The molecule has 0 aliphatic carbocycles. The fourth-order valence-electron chi connectivity index (χ4n) is 3.24. The molecule has 0 bridgehead atoms. The van der Waals surface area contributed by atoms with Crippen molar-refractivity contribution in [1.29, 1.82) is 0 Å². The number of nitrogens with one attached hydrogen (secondary N) is 1. The molecular formula is C23H22N4O2. The Bertz CT molecular complexity index is 1150. The topological polar surface area (TPSA) is 71.3 Å². The molecule has 0 aliphatic rings. The van der Waals surface area contributed by atoms with Crippen LogP contribution in [0.4, 0.5) is 10.5 Å². The molecule has 146 valence electrons. The molecule has 1 N–H and O–H groups in total. The molecule has 29 heavy (non-hydrogen) atoms. The van der Waals surface area contributed by atoms with Gasteiger partial charge in [-0.1, -0.05) is 65.3 Å². The summed E-state index contributed by atoms with van der Waals surface area (Å²) >= 11 is 0. The van der Waals surface area contributed by atoms with Crippen molar-refractivity contribution in [3.05, 3.63) is 78.2 Å². The van der Waals surface area contributed by atoms with Crippen LogP contribution < -0.4 is 5.32 Å². The molecule has 4 rings (SSSR count). The van der Waals surface area contributed by atoms with E-state index >= 15 is 0 Å². The van der Waals surface area contributed by atoms with E-state index in [2.05, 4.69) is 15.5 Å². The second-order valence-corrected chi connectivity index (χ2v) is 6.85. The molecule has 0 unspecified atom stereocenters. The summed E-state index contributed by atoms with van der Waals surface area (Å²) in [7, 11) is 0. The highest BCUT2D eigenvalue weighted by Gasteiger charge is 2.17. The van der Waals surface area contributed by atoms with Crippen LogP contribution in [0, 0.1) is 6.92 Å². The van der Waals surface area contributed by atoms with Crippen LogP contribution >= 0.6 is 0 Å². The van der Waals surface area contributed by atoms with Crippen LogP contribution in [0.1, 0.15) is 18.4 Å². The molecule has 0 fully saturated rings. The predicted octanol–water partition coefficient (Wildman–Crippen LogP) is 5.25. The summed E-state index contributed by atoms with van der Waals surface area (Å²) in [6.45, 7) is 4.69. The van der Waals surface area contributed by atoms with Gasteiger partial charge in [-0.2, -0.15) is 4.98 Å². The number of amides is 2. The fraction of sp³-hybridized carbons (Fsp3) is 0.174. The van der Waals surface area contributed by atoms with Gasteiger partial charge in [0.05, 0.1) is 5.69 Å². The monoisotopic (exact) mass is 386 g/mol. The maximum Gasteiger partial charge on any atom is 0.322 e. The van der Waals surface area contributed by atoms with Gasteiger partial charge in [-0.05, 0) is 31.4 Å². The average Bonchev–Trinajstić information content (AvgIpc) is 3.21. The Labute approximate surface area is 169 Å². The number of rotatable bonds is 5. The van der Waals surface area contributed by atoms with E-state index < -0.39 is 0 Å². The number of benzene rings is 3. The predicted molar refractivity (Wildman–Crippen MR) is 114 cm³/mol. The summed E-state index contributed by atoms with van der Waals surface area (Å²) in [6, 6.07) is 21.5. The first kappa shape index (κ1) is 18.7. The molecule has 0 spiro atoms. The van der Waals surface area contributed by atoms with Gasteiger partial charge in [0, 0.05) is 17.5 Å². The van der Waals surface area contributed by atoms with Gasteiger partial charge in [0.2, 0.25) is 11.7 Å². The summed E-state index contributed by atoms with van der Waals surface area (Å²) in [6.07, 6.45) is 0. The molecule has 1 heterocycles. The lowest BCUT2D eigenvalue weighted by molar-refractivity contribution is 0.203. The van der Waals surface area contributed by atoms with Crippen LogP contribution in [0.5, 0.6) is 0 Å². The number of nitrogens with zero attached hydrogens (tertiary/aromatic N) is 3. The quantitative estimate of drug-likeness (QED) is 0.508. The van der Waals surface area contributed by atoms with E-state index in [4.69, 9.17) is 4.52 Å². The Morgan fingerprint density at radius 3 is 2.69 bits per heavy atom. The summed E-state index contributed by atoms with van der Waals surface area (Å²) in [5.74, 6) is 0.922. The molecule has 0 radical (unpaired) electrons. The molecule has 0 aliphatic heterocycles. The van der Waals surface area contributed by atoms with E-state index in [-0.39, 0.29) is 12.6 Å². The van der Waals surface area contributed by atoms with Gasteiger partial charge in [-0.15, -0.1) is 0 Å². The first-order chi connectivity index (χ1) is 14.1. The van der Waals surface area contributed by atoms with E-state index in [0.717, 1.165) is 27.6 Å². The fourth-order valence-corrected chi connectivity index (χ4v) is 3.24. The van der Waals surface area contributed by atoms with E-state index in [1.54, 1.807) is 4.90 Å². The van der Waals surface area contributed by atoms with Crippen molar-refractivity contribution in [2.24, 2.45) is 0 Å². The van der Waals surface area contributed by atoms with Crippen LogP contribution in [0.15, 0.2) is 71.3 Å². The van der Waals surface area contributed by atoms with Gasteiger partial charge in [-0.3, -0.25) is 0 Å². The molecule has 4 aromatic rings. The van der Waals surface area contributed by atoms with Gasteiger partial charge in [0.25, 0.3) is 0 Å². The van der Waals surface area contributed by atoms with Crippen molar-refractivity contribution in [2.45, 2.75) is 20.4 Å². The van der Waals surface area contributed by atoms with Gasteiger partial charge >= 0.3 is 6.03 Å². The summed E-state index contributed by atoms with van der Waals surface area (Å²) in [5, 5.41) is 9.13. The van der Waals surface area contributed by atoms with Crippen molar-refractivity contribution in [2.75, 3.05) is 11.9 Å². The molecule has 6 heteroatoms. The van der Waals surface area contributed by atoms with E-state index in [9.17, 15) is 4.79 Å². The number of aromatic nitrogens is 2. The average molecular weight is 386 g/mol. The third-order valence-electron chi connectivity index (χ3n) is 4.77. The highest BCUT2D eigenvalue weighted by molar-refractivity contribution is 6.01. The van der Waals surface area contributed by atoms with Crippen molar-refractivity contribution < 1.29 is 9.32 Å². The Hall–Kier alpha value is -3.67. The lowest BCUT2D eigenvalue weighted by Crippen LogP contribution is -2.34. The number of fused-ring (bicyclic) bond motifs is 1. The highest BCUT2D eigenvalue weighted by atomic mass is 16.5. The van der Waals surface area contributed by atoms with Gasteiger partial charge < -0.3 is 14.7 Å². The third kappa shape index (κ3) is 4.11. The van der Waals surface area contributed by atoms with Crippen molar-refractivity contribution in [3.8, 4) is 11.4 Å². The Kier molecular flexibility index (Phi) is 5.24. The number of aryl methyl sites for hydroxylation is 1. The van der Waals surface area contributed by atoms with Crippen LogP contribution in [0.25, 0.3) is 22.2 Å². The Morgan fingerprint density at radius 2 is 1.86 bits per heavy atom. The second kappa shape index (κ2) is 8.14. The van der Waals surface area contributed by atoms with Gasteiger partial charge in [0.15, 0.2) is 0 Å². The van der Waals surface area contributed by atoms with Crippen LogP contribution in [-0.4, -0.2) is 27.6 Å². The van der Waals surface area contributed by atoms with Crippen molar-refractivity contribution in [3.63, 3.8) is 0 Å². The van der Waals surface area contributed by atoms with Gasteiger partial charge in [0.1, 0.15) is 6.54 Å². The zero-order valence-corrected chi connectivity index (χ0v) is 16.4. The summed E-state index contributed by atoms with van der Waals surface area (Å²) in [4.78, 5) is 18.9. The van der Waals surface area contributed by atoms with Gasteiger partial charge in [-0.25, -0.2) is 4.79 Å². The SMILES string of the molecule is CCN(Cc1nc(-c2cccc(C)c2)no1)C(=O)Nc1cccc2ccccc12. The number of anilines is 1.